The molecule has 0 aromatic carbocycles. The van der Waals surface area contributed by atoms with Crippen LogP contribution in [0.15, 0.2) is 18.3 Å². The Kier molecular flexibility index (Phi) is 4.34. The summed E-state index contributed by atoms with van der Waals surface area (Å²) < 4.78 is 5.46. The maximum atomic E-state index is 11.7. The average molecular weight is 255 g/mol. The van der Waals surface area contributed by atoms with Crippen molar-refractivity contribution in [2.24, 2.45) is 0 Å². The molecule has 1 aliphatic rings. The van der Waals surface area contributed by atoms with Gasteiger partial charge in [-0.1, -0.05) is 11.6 Å². The Hall–Kier alpha value is -1.13. The van der Waals surface area contributed by atoms with E-state index in [2.05, 4.69) is 10.3 Å². The molecule has 1 aromatic heterocycles. The minimum atomic E-state index is -0.0113. The fraction of sp³-hybridized carbons (Fsp3) is 0.500. The molecule has 1 amide bonds. The Labute approximate surface area is 105 Å². The van der Waals surface area contributed by atoms with Crippen LogP contribution in [0.5, 0.6) is 0 Å². The van der Waals surface area contributed by atoms with Crippen LogP contribution in [0.1, 0.15) is 25.7 Å². The molecular formula is C12H15ClN2O2. The lowest BCUT2D eigenvalue weighted by Crippen LogP contribution is -2.15. The van der Waals surface area contributed by atoms with Gasteiger partial charge in [0.25, 0.3) is 0 Å². The van der Waals surface area contributed by atoms with E-state index in [1.54, 1.807) is 18.3 Å². The molecule has 0 spiro atoms. The van der Waals surface area contributed by atoms with Gasteiger partial charge in [-0.3, -0.25) is 4.79 Å². The predicted molar refractivity (Wildman–Crippen MR) is 66.1 cm³/mol. The van der Waals surface area contributed by atoms with Gasteiger partial charge in [-0.15, -0.1) is 0 Å². The Morgan fingerprint density at radius 3 is 3.24 bits per heavy atom. The maximum Gasteiger partial charge on any atom is 0.224 e. The highest BCUT2D eigenvalue weighted by Gasteiger charge is 2.16. The van der Waals surface area contributed by atoms with Crippen molar-refractivity contribution in [2.75, 3.05) is 11.9 Å². The largest absolute Gasteiger partial charge is 0.378 e. The van der Waals surface area contributed by atoms with Crippen LogP contribution in [-0.2, 0) is 9.53 Å². The first-order valence-electron chi connectivity index (χ1n) is 5.77. The average Bonchev–Trinajstić information content (AvgIpc) is 2.79. The molecule has 1 aromatic rings. The molecule has 0 aliphatic carbocycles. The second kappa shape index (κ2) is 5.98. The van der Waals surface area contributed by atoms with E-state index in [0.717, 1.165) is 25.9 Å². The van der Waals surface area contributed by atoms with Crippen LogP contribution in [0.4, 0.5) is 5.69 Å². The fourth-order valence-electron chi connectivity index (χ4n) is 1.87. The Bertz CT molecular complexity index is 392. The number of anilines is 1. The van der Waals surface area contributed by atoms with E-state index in [1.807, 2.05) is 0 Å². The van der Waals surface area contributed by atoms with Crippen LogP contribution in [0.2, 0.25) is 5.15 Å². The van der Waals surface area contributed by atoms with Crippen molar-refractivity contribution in [3.63, 3.8) is 0 Å². The van der Waals surface area contributed by atoms with Crippen molar-refractivity contribution in [1.29, 1.82) is 0 Å². The highest BCUT2D eigenvalue weighted by Crippen LogP contribution is 2.17. The third-order valence-electron chi connectivity index (χ3n) is 2.73. The molecule has 2 rings (SSSR count). The van der Waals surface area contributed by atoms with E-state index in [0.29, 0.717) is 17.3 Å². The number of aromatic nitrogens is 1. The summed E-state index contributed by atoms with van der Waals surface area (Å²) in [7, 11) is 0. The molecule has 5 heteroatoms. The van der Waals surface area contributed by atoms with Gasteiger partial charge in [-0.05, 0) is 31.4 Å². The van der Waals surface area contributed by atoms with E-state index in [-0.39, 0.29) is 12.0 Å². The normalized spacial score (nSPS) is 19.2. The molecule has 0 saturated carbocycles. The lowest BCUT2D eigenvalue weighted by molar-refractivity contribution is -0.116. The number of hydrogen-bond donors (Lipinski definition) is 1. The minimum absolute atomic E-state index is 0.0113. The summed E-state index contributed by atoms with van der Waals surface area (Å²) in [4.78, 5) is 15.5. The summed E-state index contributed by atoms with van der Waals surface area (Å²) in [5.41, 5.74) is 0.683. The van der Waals surface area contributed by atoms with E-state index in [9.17, 15) is 4.79 Å². The molecule has 1 saturated heterocycles. The molecule has 1 N–H and O–H groups in total. The number of carbonyl (C=O) groups excluding carboxylic acids is 1. The number of nitrogens with one attached hydrogen (secondary N) is 1. The summed E-state index contributed by atoms with van der Waals surface area (Å²) in [5, 5.41) is 3.16. The first-order chi connectivity index (χ1) is 8.24. The monoisotopic (exact) mass is 254 g/mol. The van der Waals surface area contributed by atoms with Gasteiger partial charge >= 0.3 is 0 Å². The van der Waals surface area contributed by atoms with E-state index in [1.165, 1.54) is 0 Å². The van der Waals surface area contributed by atoms with Gasteiger partial charge in [0.05, 0.1) is 6.10 Å². The molecule has 2 heterocycles. The van der Waals surface area contributed by atoms with Crippen molar-refractivity contribution < 1.29 is 9.53 Å². The van der Waals surface area contributed by atoms with E-state index >= 15 is 0 Å². The molecule has 1 aliphatic heterocycles. The van der Waals surface area contributed by atoms with Crippen molar-refractivity contribution in [3.05, 3.63) is 23.5 Å². The number of amides is 1. The Balaban J connectivity index is 1.76. The SMILES string of the molecule is O=C(CCC1CCCO1)Nc1ccnc(Cl)c1. The minimum Gasteiger partial charge on any atom is -0.378 e. The summed E-state index contributed by atoms with van der Waals surface area (Å²) in [6.07, 6.45) is 5.25. The second-order valence-electron chi connectivity index (χ2n) is 4.09. The zero-order valence-corrected chi connectivity index (χ0v) is 10.2. The van der Waals surface area contributed by atoms with Crippen LogP contribution < -0.4 is 5.32 Å². The second-order valence-corrected chi connectivity index (χ2v) is 4.48. The number of ether oxygens (including phenoxy) is 1. The first-order valence-corrected chi connectivity index (χ1v) is 6.15. The number of halogens is 1. The third kappa shape index (κ3) is 3.98. The van der Waals surface area contributed by atoms with Crippen LogP contribution >= 0.6 is 11.6 Å². The summed E-state index contributed by atoms with van der Waals surface area (Å²) in [5.74, 6) is -0.0113. The fourth-order valence-corrected chi connectivity index (χ4v) is 2.04. The molecule has 0 radical (unpaired) electrons. The van der Waals surface area contributed by atoms with Crippen molar-refractivity contribution in [1.82, 2.24) is 4.98 Å². The summed E-state index contributed by atoms with van der Waals surface area (Å²) in [6.45, 7) is 0.826. The van der Waals surface area contributed by atoms with Crippen molar-refractivity contribution in [3.8, 4) is 0 Å². The van der Waals surface area contributed by atoms with Crippen LogP contribution in [-0.4, -0.2) is 23.6 Å². The zero-order chi connectivity index (χ0) is 12.1. The smallest absolute Gasteiger partial charge is 0.224 e. The summed E-state index contributed by atoms with van der Waals surface area (Å²) >= 11 is 5.73. The predicted octanol–water partition coefficient (Wildman–Crippen LogP) is 2.63. The highest BCUT2D eigenvalue weighted by atomic mass is 35.5. The Morgan fingerprint density at radius 2 is 2.53 bits per heavy atom. The quantitative estimate of drug-likeness (QED) is 0.841. The zero-order valence-electron chi connectivity index (χ0n) is 9.49. The molecule has 92 valence electrons. The van der Waals surface area contributed by atoms with Crippen molar-refractivity contribution >= 4 is 23.2 Å². The highest BCUT2D eigenvalue weighted by molar-refractivity contribution is 6.29. The number of hydrogen-bond acceptors (Lipinski definition) is 3. The van der Waals surface area contributed by atoms with Crippen molar-refractivity contribution in [2.45, 2.75) is 31.8 Å². The van der Waals surface area contributed by atoms with Gasteiger partial charge in [0.15, 0.2) is 0 Å². The molecule has 17 heavy (non-hydrogen) atoms. The number of carbonyl (C=O) groups is 1. The standard InChI is InChI=1S/C12H15ClN2O2/c13-11-8-9(5-6-14-11)15-12(16)4-3-10-2-1-7-17-10/h5-6,8,10H,1-4,7H2,(H,14,15,16). The van der Waals surface area contributed by atoms with Gasteiger partial charge in [-0.25, -0.2) is 4.98 Å². The van der Waals surface area contributed by atoms with Gasteiger partial charge in [0.2, 0.25) is 5.91 Å². The van der Waals surface area contributed by atoms with Gasteiger partial charge in [-0.2, -0.15) is 0 Å². The van der Waals surface area contributed by atoms with Gasteiger partial charge in [0, 0.05) is 24.9 Å². The molecular weight excluding hydrogens is 240 g/mol. The molecule has 1 unspecified atom stereocenters. The molecule has 4 nitrogen and oxygen atoms in total. The first kappa shape index (κ1) is 12.3. The van der Waals surface area contributed by atoms with Crippen LogP contribution in [0.3, 0.4) is 0 Å². The lowest BCUT2D eigenvalue weighted by atomic mass is 10.1. The Morgan fingerprint density at radius 1 is 1.65 bits per heavy atom. The summed E-state index contributed by atoms with van der Waals surface area (Å²) in [6, 6.07) is 3.35. The number of nitrogens with zero attached hydrogens (tertiary/aromatic N) is 1. The molecule has 0 bridgehead atoms. The third-order valence-corrected chi connectivity index (χ3v) is 2.93. The van der Waals surface area contributed by atoms with Gasteiger partial charge < -0.3 is 10.1 Å². The number of rotatable bonds is 4. The topological polar surface area (TPSA) is 51.2 Å². The van der Waals surface area contributed by atoms with Gasteiger partial charge in [0.1, 0.15) is 5.15 Å². The molecule has 1 atom stereocenters. The molecule has 1 fully saturated rings. The van der Waals surface area contributed by atoms with E-state index in [4.69, 9.17) is 16.3 Å². The maximum absolute atomic E-state index is 11.7. The van der Waals surface area contributed by atoms with Crippen LogP contribution in [0.25, 0.3) is 0 Å². The van der Waals surface area contributed by atoms with Crippen LogP contribution in [0, 0.1) is 0 Å². The lowest BCUT2D eigenvalue weighted by Gasteiger charge is -2.09. The number of pyridine rings is 1. The van der Waals surface area contributed by atoms with E-state index < -0.39 is 0 Å².